The van der Waals surface area contributed by atoms with Gasteiger partial charge in [-0.2, -0.15) is 0 Å². The number of fused-ring (bicyclic) bond motifs is 2. The smallest absolute Gasteiger partial charge is 0.278 e. The van der Waals surface area contributed by atoms with Crippen molar-refractivity contribution in [2.24, 2.45) is 0 Å². The molecule has 0 N–H and O–H groups in total. The molecule has 7 heteroatoms. The third-order valence-electron chi connectivity index (χ3n) is 4.98. The van der Waals surface area contributed by atoms with Gasteiger partial charge in [-0.15, -0.1) is 0 Å². The lowest BCUT2D eigenvalue weighted by Gasteiger charge is -2.31. The molecule has 138 valence electrons. The topological polar surface area (TPSA) is 77.7 Å². The lowest BCUT2D eigenvalue weighted by atomic mass is 9.98. The number of nitro groups is 1. The zero-order chi connectivity index (χ0) is 19.0. The normalized spacial score (nSPS) is 13.3. The highest BCUT2D eigenvalue weighted by molar-refractivity contribution is 5.97. The molecule has 2 aromatic carbocycles. The van der Waals surface area contributed by atoms with Gasteiger partial charge in [0.1, 0.15) is 5.52 Å². The summed E-state index contributed by atoms with van der Waals surface area (Å²) < 4.78 is 10.8. The zero-order valence-corrected chi connectivity index (χ0v) is 15.1. The first kappa shape index (κ1) is 17.1. The molecule has 4 rings (SSSR count). The predicted octanol–water partition coefficient (Wildman–Crippen LogP) is 3.72. The summed E-state index contributed by atoms with van der Waals surface area (Å²) in [5.41, 5.74) is 4.00. The van der Waals surface area contributed by atoms with Gasteiger partial charge < -0.3 is 14.4 Å². The van der Waals surface area contributed by atoms with E-state index < -0.39 is 0 Å². The molecular formula is C20H19N3O4. The van der Waals surface area contributed by atoms with Crippen LogP contribution in [0.1, 0.15) is 11.1 Å². The Balaban J connectivity index is 1.76. The number of hydrogen-bond donors (Lipinski definition) is 0. The molecule has 0 amide bonds. The van der Waals surface area contributed by atoms with Crippen LogP contribution in [0.3, 0.4) is 0 Å². The number of rotatable bonds is 4. The lowest BCUT2D eigenvalue weighted by Crippen LogP contribution is -2.30. The van der Waals surface area contributed by atoms with E-state index in [1.165, 1.54) is 5.56 Å². The summed E-state index contributed by atoms with van der Waals surface area (Å²) in [6.45, 7) is 1.48. The van der Waals surface area contributed by atoms with Gasteiger partial charge in [0.2, 0.25) is 0 Å². The van der Waals surface area contributed by atoms with E-state index in [1.54, 1.807) is 44.7 Å². The molecule has 1 aromatic heterocycles. The number of non-ortho nitro benzene ring substituents is 1. The number of anilines is 1. The Bertz CT molecular complexity index is 1040. The summed E-state index contributed by atoms with van der Waals surface area (Å²) in [5.74, 6) is 1.43. The Morgan fingerprint density at radius 1 is 1.11 bits per heavy atom. The number of hydrogen-bond acceptors (Lipinski definition) is 6. The van der Waals surface area contributed by atoms with Gasteiger partial charge in [0.25, 0.3) is 5.69 Å². The first-order valence-electron chi connectivity index (χ1n) is 8.63. The van der Waals surface area contributed by atoms with Crippen LogP contribution in [0.25, 0.3) is 10.9 Å². The van der Waals surface area contributed by atoms with Crippen LogP contribution in [-0.2, 0) is 13.0 Å². The second-order valence-corrected chi connectivity index (χ2v) is 6.41. The van der Waals surface area contributed by atoms with Gasteiger partial charge in [-0.3, -0.25) is 15.1 Å². The van der Waals surface area contributed by atoms with Gasteiger partial charge in [0.15, 0.2) is 11.5 Å². The van der Waals surface area contributed by atoms with Gasteiger partial charge in [0.05, 0.1) is 30.2 Å². The molecule has 0 spiro atoms. The molecule has 0 unspecified atom stereocenters. The van der Waals surface area contributed by atoms with Crippen molar-refractivity contribution in [3.63, 3.8) is 0 Å². The Labute approximate surface area is 156 Å². The summed E-state index contributed by atoms with van der Waals surface area (Å²) >= 11 is 0. The fourth-order valence-electron chi connectivity index (χ4n) is 3.65. The number of nitrogens with zero attached hydrogens (tertiary/aromatic N) is 3. The van der Waals surface area contributed by atoms with Crippen molar-refractivity contribution in [3.8, 4) is 11.5 Å². The molecule has 0 saturated carbocycles. The molecule has 0 fully saturated rings. The maximum absolute atomic E-state index is 11.3. The summed E-state index contributed by atoms with van der Waals surface area (Å²) in [6, 6.07) is 10.8. The van der Waals surface area contributed by atoms with Gasteiger partial charge in [-0.25, -0.2) is 0 Å². The van der Waals surface area contributed by atoms with Crippen LogP contribution in [0.4, 0.5) is 11.4 Å². The first-order chi connectivity index (χ1) is 13.1. The minimum Gasteiger partial charge on any atom is -0.493 e. The minimum atomic E-state index is -0.365. The standard InChI is InChI=1S/C20H19N3O4/c1-26-18-10-13-7-9-22(12-14(13)11-19(18)27-2)17-6-5-16(23(24)25)15-4-3-8-21-20(15)17/h3-6,8,10-11H,7,9,12H2,1-2H3. The van der Waals surface area contributed by atoms with Gasteiger partial charge in [0, 0.05) is 25.4 Å². The monoisotopic (exact) mass is 365 g/mol. The van der Waals surface area contributed by atoms with E-state index >= 15 is 0 Å². The maximum atomic E-state index is 11.3. The predicted molar refractivity (Wildman–Crippen MR) is 103 cm³/mol. The van der Waals surface area contributed by atoms with E-state index in [0.717, 1.165) is 30.0 Å². The van der Waals surface area contributed by atoms with Crippen LogP contribution < -0.4 is 14.4 Å². The highest BCUT2D eigenvalue weighted by Crippen LogP contribution is 2.37. The zero-order valence-electron chi connectivity index (χ0n) is 15.1. The molecule has 7 nitrogen and oxygen atoms in total. The van der Waals surface area contributed by atoms with E-state index in [4.69, 9.17) is 9.47 Å². The SMILES string of the molecule is COc1cc2c(cc1OC)CN(c1ccc([N+](=O)[O-])c3cccnc13)CC2. The number of aromatic nitrogens is 1. The molecule has 0 atom stereocenters. The Morgan fingerprint density at radius 3 is 2.56 bits per heavy atom. The lowest BCUT2D eigenvalue weighted by molar-refractivity contribution is -0.383. The van der Waals surface area contributed by atoms with Crippen molar-refractivity contribution in [3.05, 3.63) is 63.8 Å². The molecule has 27 heavy (non-hydrogen) atoms. The van der Waals surface area contributed by atoms with Crippen LogP contribution in [0.2, 0.25) is 0 Å². The van der Waals surface area contributed by atoms with Crippen molar-refractivity contribution in [1.29, 1.82) is 0 Å². The molecule has 2 heterocycles. The number of methoxy groups -OCH3 is 2. The Hall–Kier alpha value is -3.35. The summed E-state index contributed by atoms with van der Waals surface area (Å²) in [6.07, 6.45) is 2.52. The number of pyridine rings is 1. The van der Waals surface area contributed by atoms with Crippen molar-refractivity contribution >= 4 is 22.3 Å². The van der Waals surface area contributed by atoms with Crippen LogP contribution in [-0.4, -0.2) is 30.7 Å². The van der Waals surface area contributed by atoms with Crippen molar-refractivity contribution in [2.75, 3.05) is 25.7 Å². The average molecular weight is 365 g/mol. The Kier molecular flexibility index (Phi) is 4.27. The molecule has 0 saturated heterocycles. The fraction of sp³-hybridized carbons (Fsp3) is 0.250. The van der Waals surface area contributed by atoms with Crippen LogP contribution in [0, 0.1) is 10.1 Å². The number of benzene rings is 2. The highest BCUT2D eigenvalue weighted by atomic mass is 16.6. The van der Waals surface area contributed by atoms with Gasteiger partial charge in [-0.1, -0.05) is 0 Å². The van der Waals surface area contributed by atoms with Crippen molar-refractivity contribution < 1.29 is 14.4 Å². The summed E-state index contributed by atoms with van der Waals surface area (Å²) in [7, 11) is 3.26. The first-order valence-corrected chi connectivity index (χ1v) is 8.63. The molecule has 3 aromatic rings. The van der Waals surface area contributed by atoms with Crippen LogP contribution in [0.5, 0.6) is 11.5 Å². The molecule has 0 aliphatic carbocycles. The third-order valence-corrected chi connectivity index (χ3v) is 4.98. The quantitative estimate of drug-likeness (QED) is 0.518. The average Bonchev–Trinajstić information content (AvgIpc) is 2.71. The van der Waals surface area contributed by atoms with E-state index in [9.17, 15) is 10.1 Å². The van der Waals surface area contributed by atoms with E-state index in [1.807, 2.05) is 12.1 Å². The van der Waals surface area contributed by atoms with E-state index in [0.29, 0.717) is 23.2 Å². The molecular weight excluding hydrogens is 346 g/mol. The van der Waals surface area contributed by atoms with E-state index in [-0.39, 0.29) is 10.6 Å². The molecule has 0 radical (unpaired) electrons. The van der Waals surface area contributed by atoms with Gasteiger partial charge >= 0.3 is 0 Å². The molecule has 0 bridgehead atoms. The number of ether oxygens (including phenoxy) is 2. The maximum Gasteiger partial charge on any atom is 0.278 e. The van der Waals surface area contributed by atoms with Crippen LogP contribution >= 0.6 is 0 Å². The minimum absolute atomic E-state index is 0.0747. The van der Waals surface area contributed by atoms with E-state index in [2.05, 4.69) is 9.88 Å². The summed E-state index contributed by atoms with van der Waals surface area (Å²) in [5, 5.41) is 11.9. The second kappa shape index (κ2) is 6.75. The third kappa shape index (κ3) is 2.91. The fourth-order valence-corrected chi connectivity index (χ4v) is 3.65. The summed E-state index contributed by atoms with van der Waals surface area (Å²) in [4.78, 5) is 17.6. The van der Waals surface area contributed by atoms with Crippen molar-refractivity contribution in [1.82, 2.24) is 4.98 Å². The molecule has 1 aliphatic heterocycles. The largest absolute Gasteiger partial charge is 0.493 e. The Morgan fingerprint density at radius 2 is 1.85 bits per heavy atom. The van der Waals surface area contributed by atoms with Gasteiger partial charge in [-0.05, 0) is 47.9 Å². The van der Waals surface area contributed by atoms with Crippen LogP contribution in [0.15, 0.2) is 42.6 Å². The second-order valence-electron chi connectivity index (χ2n) is 6.41. The highest BCUT2D eigenvalue weighted by Gasteiger charge is 2.23. The molecule has 1 aliphatic rings. The van der Waals surface area contributed by atoms with Crippen molar-refractivity contribution in [2.45, 2.75) is 13.0 Å². The number of nitro benzene ring substituents is 1.